The molecule has 0 unspecified atom stereocenters. The van der Waals surface area contributed by atoms with Crippen LogP contribution in [0, 0.1) is 20.8 Å². The van der Waals surface area contributed by atoms with E-state index >= 15 is 0 Å². The molecular formula is C16H22BrNO. The standard InChI is InChI=1S/C16H22BrNO/c1-10-8-11(2)15(12(3)9-10)16(19)18-14-6-4-13(17)5-7-14/h8-9,13-14H,4-7H2,1-3H3,(H,18,19). The Kier molecular flexibility index (Phi) is 4.67. The van der Waals surface area contributed by atoms with Crippen LogP contribution in [0.15, 0.2) is 12.1 Å². The van der Waals surface area contributed by atoms with Gasteiger partial charge in [-0.05, 0) is 57.6 Å². The molecule has 0 bridgehead atoms. The number of benzene rings is 1. The van der Waals surface area contributed by atoms with Gasteiger partial charge in [0.05, 0.1) is 0 Å². The molecule has 1 aliphatic carbocycles. The molecule has 1 amide bonds. The molecule has 19 heavy (non-hydrogen) atoms. The van der Waals surface area contributed by atoms with E-state index in [-0.39, 0.29) is 5.91 Å². The van der Waals surface area contributed by atoms with Gasteiger partial charge in [-0.1, -0.05) is 33.6 Å². The van der Waals surface area contributed by atoms with Crippen LogP contribution in [-0.4, -0.2) is 16.8 Å². The third kappa shape index (κ3) is 3.59. The minimum Gasteiger partial charge on any atom is -0.349 e. The second-order valence-corrected chi connectivity index (χ2v) is 6.99. The highest BCUT2D eigenvalue weighted by molar-refractivity contribution is 9.09. The molecular weight excluding hydrogens is 302 g/mol. The number of alkyl halides is 1. The second kappa shape index (κ2) is 6.08. The van der Waals surface area contributed by atoms with Gasteiger partial charge < -0.3 is 5.32 Å². The topological polar surface area (TPSA) is 29.1 Å². The number of nitrogens with one attached hydrogen (secondary N) is 1. The predicted octanol–water partition coefficient (Wildman–Crippen LogP) is 4.05. The molecule has 0 saturated heterocycles. The zero-order valence-electron chi connectivity index (χ0n) is 11.9. The third-order valence-electron chi connectivity index (χ3n) is 3.90. The first kappa shape index (κ1) is 14.6. The molecule has 0 aliphatic heterocycles. The molecule has 104 valence electrons. The number of hydrogen-bond acceptors (Lipinski definition) is 1. The van der Waals surface area contributed by atoms with Gasteiger partial charge in [0.15, 0.2) is 0 Å². The average molecular weight is 324 g/mol. The molecule has 0 atom stereocenters. The monoisotopic (exact) mass is 323 g/mol. The lowest BCUT2D eigenvalue weighted by molar-refractivity contribution is 0.0927. The van der Waals surface area contributed by atoms with Gasteiger partial charge >= 0.3 is 0 Å². The van der Waals surface area contributed by atoms with Crippen LogP contribution in [0.5, 0.6) is 0 Å². The highest BCUT2D eigenvalue weighted by Gasteiger charge is 2.22. The third-order valence-corrected chi connectivity index (χ3v) is 4.81. The normalized spacial score (nSPS) is 23.2. The maximum Gasteiger partial charge on any atom is 0.252 e. The Balaban J connectivity index is 2.08. The number of amides is 1. The molecule has 1 aromatic rings. The summed E-state index contributed by atoms with van der Waals surface area (Å²) in [6.07, 6.45) is 4.45. The fourth-order valence-electron chi connectivity index (χ4n) is 2.99. The van der Waals surface area contributed by atoms with Gasteiger partial charge in [-0.2, -0.15) is 0 Å². The first-order valence-electron chi connectivity index (χ1n) is 7.00. The number of carbonyl (C=O) groups is 1. The van der Waals surface area contributed by atoms with Crippen molar-refractivity contribution < 1.29 is 4.79 Å². The lowest BCUT2D eigenvalue weighted by atomic mass is 9.94. The van der Waals surface area contributed by atoms with Crippen LogP contribution < -0.4 is 5.32 Å². The lowest BCUT2D eigenvalue weighted by Gasteiger charge is -2.26. The first-order chi connectivity index (χ1) is 8.97. The van der Waals surface area contributed by atoms with Crippen molar-refractivity contribution in [3.63, 3.8) is 0 Å². The quantitative estimate of drug-likeness (QED) is 0.817. The zero-order valence-corrected chi connectivity index (χ0v) is 13.5. The molecule has 0 radical (unpaired) electrons. The van der Waals surface area contributed by atoms with Gasteiger partial charge in [0.1, 0.15) is 0 Å². The summed E-state index contributed by atoms with van der Waals surface area (Å²) < 4.78 is 0. The Morgan fingerprint density at radius 2 is 1.63 bits per heavy atom. The molecule has 1 fully saturated rings. The fourth-order valence-corrected chi connectivity index (χ4v) is 3.52. The van der Waals surface area contributed by atoms with Crippen molar-refractivity contribution in [1.29, 1.82) is 0 Å². The van der Waals surface area contributed by atoms with E-state index in [9.17, 15) is 4.79 Å². The van der Waals surface area contributed by atoms with Crippen LogP contribution in [0.1, 0.15) is 52.7 Å². The summed E-state index contributed by atoms with van der Waals surface area (Å²) in [6, 6.07) is 4.50. The molecule has 0 aromatic heterocycles. The molecule has 1 aliphatic rings. The van der Waals surface area contributed by atoms with Crippen molar-refractivity contribution in [2.24, 2.45) is 0 Å². The fraction of sp³-hybridized carbons (Fsp3) is 0.562. The number of rotatable bonds is 2. The Bertz CT molecular complexity index is 453. The highest BCUT2D eigenvalue weighted by Crippen LogP contribution is 2.25. The molecule has 0 spiro atoms. The average Bonchev–Trinajstić information content (AvgIpc) is 2.30. The van der Waals surface area contributed by atoms with E-state index in [1.54, 1.807) is 0 Å². The van der Waals surface area contributed by atoms with Gasteiger partial charge in [-0.25, -0.2) is 0 Å². The Morgan fingerprint density at radius 3 is 2.16 bits per heavy atom. The Hall–Kier alpha value is -0.830. The summed E-state index contributed by atoms with van der Waals surface area (Å²) in [5, 5.41) is 3.20. The predicted molar refractivity (Wildman–Crippen MR) is 83.1 cm³/mol. The largest absolute Gasteiger partial charge is 0.349 e. The van der Waals surface area contributed by atoms with Crippen LogP contribution >= 0.6 is 15.9 Å². The van der Waals surface area contributed by atoms with Crippen molar-refractivity contribution in [1.82, 2.24) is 5.32 Å². The summed E-state index contributed by atoms with van der Waals surface area (Å²) in [5.74, 6) is 0.0908. The van der Waals surface area contributed by atoms with Crippen LogP contribution in [0.25, 0.3) is 0 Å². The number of hydrogen-bond donors (Lipinski definition) is 1. The first-order valence-corrected chi connectivity index (χ1v) is 7.91. The number of halogens is 1. The summed E-state index contributed by atoms with van der Waals surface area (Å²) >= 11 is 3.65. The molecule has 0 heterocycles. The number of aryl methyl sites for hydroxylation is 3. The minimum absolute atomic E-state index is 0.0908. The maximum absolute atomic E-state index is 12.4. The molecule has 3 heteroatoms. The van der Waals surface area contributed by atoms with Crippen LogP contribution in [0.4, 0.5) is 0 Å². The van der Waals surface area contributed by atoms with E-state index in [1.165, 1.54) is 5.56 Å². The van der Waals surface area contributed by atoms with Gasteiger partial charge in [-0.3, -0.25) is 4.79 Å². The van der Waals surface area contributed by atoms with Gasteiger partial charge in [0.2, 0.25) is 0 Å². The second-order valence-electron chi connectivity index (χ2n) is 5.70. The molecule has 2 rings (SSSR count). The Morgan fingerprint density at radius 1 is 1.11 bits per heavy atom. The SMILES string of the molecule is Cc1cc(C)c(C(=O)NC2CCC(Br)CC2)c(C)c1. The highest BCUT2D eigenvalue weighted by atomic mass is 79.9. The van der Waals surface area contributed by atoms with Gasteiger partial charge in [0.25, 0.3) is 5.91 Å². The van der Waals surface area contributed by atoms with Crippen molar-refractivity contribution in [3.8, 4) is 0 Å². The van der Waals surface area contributed by atoms with E-state index in [1.807, 2.05) is 13.8 Å². The van der Waals surface area contributed by atoms with Crippen molar-refractivity contribution >= 4 is 21.8 Å². The van der Waals surface area contributed by atoms with Crippen LogP contribution in [0.2, 0.25) is 0 Å². The number of carbonyl (C=O) groups excluding carboxylic acids is 1. The Labute approximate surface area is 124 Å². The van der Waals surface area contributed by atoms with Crippen LogP contribution in [-0.2, 0) is 0 Å². The summed E-state index contributed by atoms with van der Waals surface area (Å²) in [5.41, 5.74) is 4.21. The van der Waals surface area contributed by atoms with E-state index < -0.39 is 0 Å². The van der Waals surface area contributed by atoms with E-state index in [0.29, 0.717) is 10.9 Å². The molecule has 2 nitrogen and oxygen atoms in total. The van der Waals surface area contributed by atoms with E-state index in [2.05, 4.69) is 40.3 Å². The lowest BCUT2D eigenvalue weighted by Crippen LogP contribution is -2.38. The smallest absolute Gasteiger partial charge is 0.252 e. The van der Waals surface area contributed by atoms with E-state index in [0.717, 1.165) is 42.4 Å². The van der Waals surface area contributed by atoms with Gasteiger partial charge in [0, 0.05) is 16.4 Å². The van der Waals surface area contributed by atoms with Crippen LogP contribution in [0.3, 0.4) is 0 Å². The molecule has 1 aromatic carbocycles. The van der Waals surface area contributed by atoms with E-state index in [4.69, 9.17) is 0 Å². The maximum atomic E-state index is 12.4. The minimum atomic E-state index is 0.0908. The molecule has 1 N–H and O–H groups in total. The van der Waals surface area contributed by atoms with Crippen molar-refractivity contribution in [2.45, 2.75) is 57.3 Å². The van der Waals surface area contributed by atoms with Gasteiger partial charge in [-0.15, -0.1) is 0 Å². The summed E-state index contributed by atoms with van der Waals surface area (Å²) in [7, 11) is 0. The molecule has 1 saturated carbocycles. The summed E-state index contributed by atoms with van der Waals surface area (Å²) in [6.45, 7) is 6.10. The zero-order chi connectivity index (χ0) is 14.0. The van der Waals surface area contributed by atoms with Crippen molar-refractivity contribution in [2.75, 3.05) is 0 Å². The van der Waals surface area contributed by atoms with Crippen molar-refractivity contribution in [3.05, 3.63) is 34.4 Å². The summed E-state index contributed by atoms with van der Waals surface area (Å²) in [4.78, 5) is 13.1.